The third-order valence-corrected chi connectivity index (χ3v) is 4.93. The lowest BCUT2D eigenvalue weighted by molar-refractivity contribution is 0.0736. The topological polar surface area (TPSA) is 67.2 Å². The molecular weight excluding hydrogens is 378 g/mol. The van der Waals surface area contributed by atoms with Gasteiger partial charge in [0.1, 0.15) is 17.2 Å². The molecule has 3 heterocycles. The van der Waals surface area contributed by atoms with E-state index in [-0.39, 0.29) is 0 Å². The number of halogens is 2. The summed E-state index contributed by atoms with van der Waals surface area (Å²) in [7, 11) is 0. The van der Waals surface area contributed by atoms with Crippen LogP contribution in [0.1, 0.15) is 21.7 Å². The van der Waals surface area contributed by atoms with Gasteiger partial charge in [-0.3, -0.25) is 4.79 Å². The Hall–Kier alpha value is -3.36. The van der Waals surface area contributed by atoms with Crippen molar-refractivity contribution in [1.29, 1.82) is 0 Å². The van der Waals surface area contributed by atoms with Gasteiger partial charge in [-0.15, -0.1) is 10.2 Å². The van der Waals surface area contributed by atoms with Crippen LogP contribution < -0.4 is 4.90 Å². The average molecular weight is 398 g/mol. The smallest absolute Gasteiger partial charge is 0.259 e. The van der Waals surface area contributed by atoms with E-state index in [2.05, 4.69) is 15.3 Å². The number of piperazine rings is 1. The second kappa shape index (κ2) is 7.57. The van der Waals surface area contributed by atoms with Gasteiger partial charge in [-0.2, -0.15) is 5.10 Å². The molecule has 0 unspecified atom stereocenters. The van der Waals surface area contributed by atoms with E-state index in [4.69, 9.17) is 0 Å². The molecule has 4 rings (SSSR count). The van der Waals surface area contributed by atoms with Gasteiger partial charge in [0, 0.05) is 31.9 Å². The Balaban J connectivity index is 1.43. The maximum absolute atomic E-state index is 13.9. The predicted molar refractivity (Wildman–Crippen MR) is 103 cm³/mol. The van der Waals surface area contributed by atoms with Crippen LogP contribution >= 0.6 is 0 Å². The van der Waals surface area contributed by atoms with Crippen LogP contribution in [-0.2, 0) is 0 Å². The van der Waals surface area contributed by atoms with Crippen molar-refractivity contribution in [3.8, 4) is 5.82 Å². The van der Waals surface area contributed by atoms with Gasteiger partial charge >= 0.3 is 0 Å². The van der Waals surface area contributed by atoms with E-state index in [0.717, 1.165) is 23.5 Å². The summed E-state index contributed by atoms with van der Waals surface area (Å²) in [5.41, 5.74) is 1.37. The number of aryl methyl sites for hydroxylation is 2. The van der Waals surface area contributed by atoms with Crippen molar-refractivity contribution in [2.75, 3.05) is 31.1 Å². The molecule has 29 heavy (non-hydrogen) atoms. The summed E-state index contributed by atoms with van der Waals surface area (Å²) in [4.78, 5) is 15.9. The maximum atomic E-state index is 13.9. The Morgan fingerprint density at radius 3 is 2.10 bits per heavy atom. The second-order valence-corrected chi connectivity index (χ2v) is 6.96. The number of aromatic nitrogens is 4. The molecule has 0 spiro atoms. The lowest BCUT2D eigenvalue weighted by atomic mass is 10.1. The third-order valence-electron chi connectivity index (χ3n) is 4.93. The molecule has 150 valence electrons. The molecule has 1 aliphatic rings. The van der Waals surface area contributed by atoms with Crippen molar-refractivity contribution >= 4 is 11.7 Å². The van der Waals surface area contributed by atoms with Crippen LogP contribution in [0.4, 0.5) is 14.6 Å². The summed E-state index contributed by atoms with van der Waals surface area (Å²) < 4.78 is 29.5. The van der Waals surface area contributed by atoms with E-state index in [1.54, 1.807) is 4.68 Å². The highest BCUT2D eigenvalue weighted by Gasteiger charge is 2.27. The van der Waals surface area contributed by atoms with Gasteiger partial charge in [-0.25, -0.2) is 13.5 Å². The van der Waals surface area contributed by atoms with E-state index >= 15 is 0 Å². The number of anilines is 1. The summed E-state index contributed by atoms with van der Waals surface area (Å²) in [6.45, 7) is 5.54. The molecule has 1 fully saturated rings. The number of carbonyl (C=O) groups is 1. The molecule has 0 bridgehead atoms. The normalized spacial score (nSPS) is 14.3. The third kappa shape index (κ3) is 3.67. The van der Waals surface area contributed by atoms with Gasteiger partial charge in [0.25, 0.3) is 5.91 Å². The summed E-state index contributed by atoms with van der Waals surface area (Å²) >= 11 is 0. The fraction of sp³-hybridized carbons (Fsp3) is 0.300. The van der Waals surface area contributed by atoms with Crippen molar-refractivity contribution in [3.63, 3.8) is 0 Å². The Bertz CT molecular complexity index is 1020. The van der Waals surface area contributed by atoms with Crippen LogP contribution in [0.3, 0.4) is 0 Å². The highest BCUT2D eigenvalue weighted by molar-refractivity contribution is 5.95. The van der Waals surface area contributed by atoms with E-state index in [0.29, 0.717) is 37.8 Å². The first-order chi connectivity index (χ1) is 13.9. The molecule has 1 aromatic carbocycles. The fourth-order valence-electron chi connectivity index (χ4n) is 3.46. The molecule has 0 atom stereocenters. The molecule has 1 aliphatic heterocycles. The molecule has 1 saturated heterocycles. The van der Waals surface area contributed by atoms with Gasteiger partial charge in [0.05, 0.1) is 5.69 Å². The van der Waals surface area contributed by atoms with Crippen molar-refractivity contribution in [2.24, 2.45) is 0 Å². The Kier molecular flexibility index (Phi) is 4.96. The Morgan fingerprint density at radius 2 is 1.55 bits per heavy atom. The first-order valence-corrected chi connectivity index (χ1v) is 9.29. The fourth-order valence-corrected chi connectivity index (χ4v) is 3.46. The quantitative estimate of drug-likeness (QED) is 0.678. The van der Waals surface area contributed by atoms with Gasteiger partial charge in [-0.1, -0.05) is 6.07 Å². The lowest BCUT2D eigenvalue weighted by Gasteiger charge is -2.35. The van der Waals surface area contributed by atoms with Crippen molar-refractivity contribution in [1.82, 2.24) is 24.9 Å². The lowest BCUT2D eigenvalue weighted by Crippen LogP contribution is -2.49. The Morgan fingerprint density at radius 1 is 0.931 bits per heavy atom. The number of hydrogen-bond acceptors (Lipinski definition) is 5. The molecule has 0 saturated carbocycles. The largest absolute Gasteiger partial charge is 0.352 e. The Labute approximate surface area is 166 Å². The predicted octanol–water partition coefficient (Wildman–Crippen LogP) is 2.52. The van der Waals surface area contributed by atoms with Gasteiger partial charge in [0.15, 0.2) is 11.6 Å². The van der Waals surface area contributed by atoms with E-state index in [1.807, 2.05) is 36.9 Å². The van der Waals surface area contributed by atoms with E-state index in [1.165, 1.54) is 11.0 Å². The van der Waals surface area contributed by atoms with Gasteiger partial charge < -0.3 is 9.80 Å². The van der Waals surface area contributed by atoms with Crippen LogP contribution in [0, 0.1) is 25.5 Å². The molecule has 0 radical (unpaired) electrons. The maximum Gasteiger partial charge on any atom is 0.259 e. The zero-order valence-corrected chi connectivity index (χ0v) is 16.1. The molecule has 0 N–H and O–H groups in total. The molecule has 9 heteroatoms. The highest BCUT2D eigenvalue weighted by Crippen LogP contribution is 2.19. The number of carbonyl (C=O) groups excluding carboxylic acids is 1. The minimum Gasteiger partial charge on any atom is -0.352 e. The SMILES string of the molecule is Cc1cc(C)n(-c2ccc(N3CCN(C(=O)c4c(F)cccc4F)CC3)nn2)n1. The minimum atomic E-state index is -0.844. The first-order valence-electron chi connectivity index (χ1n) is 9.29. The van der Waals surface area contributed by atoms with Crippen molar-refractivity contribution < 1.29 is 13.6 Å². The van der Waals surface area contributed by atoms with Crippen LogP contribution in [-0.4, -0.2) is 57.0 Å². The molecule has 2 aromatic heterocycles. The summed E-state index contributed by atoms with van der Waals surface area (Å²) in [5.74, 6) is -1.01. The summed E-state index contributed by atoms with van der Waals surface area (Å²) in [6, 6.07) is 9.08. The van der Waals surface area contributed by atoms with E-state index in [9.17, 15) is 13.6 Å². The van der Waals surface area contributed by atoms with Crippen LogP contribution in [0.5, 0.6) is 0 Å². The zero-order valence-electron chi connectivity index (χ0n) is 16.1. The van der Waals surface area contributed by atoms with Gasteiger partial charge in [0.2, 0.25) is 0 Å². The van der Waals surface area contributed by atoms with Crippen molar-refractivity contribution in [3.05, 3.63) is 65.0 Å². The monoisotopic (exact) mass is 398 g/mol. The molecule has 7 nitrogen and oxygen atoms in total. The molecule has 1 amide bonds. The van der Waals surface area contributed by atoms with Crippen molar-refractivity contribution in [2.45, 2.75) is 13.8 Å². The summed E-state index contributed by atoms with van der Waals surface area (Å²) in [6.07, 6.45) is 0. The molecule has 3 aromatic rings. The van der Waals surface area contributed by atoms with Crippen LogP contribution in [0.2, 0.25) is 0 Å². The first kappa shape index (κ1) is 19.0. The zero-order chi connectivity index (χ0) is 20.5. The minimum absolute atomic E-state index is 0.341. The van der Waals surface area contributed by atoms with Gasteiger partial charge in [-0.05, 0) is 44.2 Å². The second-order valence-electron chi connectivity index (χ2n) is 6.96. The number of rotatable bonds is 3. The highest BCUT2D eigenvalue weighted by atomic mass is 19.1. The average Bonchev–Trinajstić information content (AvgIpc) is 3.06. The number of benzene rings is 1. The van der Waals surface area contributed by atoms with E-state index < -0.39 is 23.1 Å². The number of nitrogens with zero attached hydrogens (tertiary/aromatic N) is 6. The summed E-state index contributed by atoms with van der Waals surface area (Å²) in [5, 5.41) is 12.9. The standard InChI is InChI=1S/C20H20F2N6O/c1-13-12-14(2)28(25-13)18-7-6-17(23-24-18)26-8-10-27(11-9-26)20(29)19-15(21)4-3-5-16(19)22/h3-7,12H,8-11H2,1-2H3. The van der Waals surface area contributed by atoms with Crippen LogP contribution in [0.15, 0.2) is 36.4 Å². The number of hydrogen-bond donors (Lipinski definition) is 0. The number of amides is 1. The van der Waals surface area contributed by atoms with Crippen LogP contribution in [0.25, 0.3) is 5.82 Å². The molecular formula is C20H20F2N6O. The molecule has 0 aliphatic carbocycles.